The lowest BCUT2D eigenvalue weighted by Crippen LogP contribution is -2.26. The van der Waals surface area contributed by atoms with Gasteiger partial charge in [0.15, 0.2) is 0 Å². The summed E-state index contributed by atoms with van der Waals surface area (Å²) in [5.74, 6) is -0.321. The number of ether oxygens (including phenoxy) is 2. The summed E-state index contributed by atoms with van der Waals surface area (Å²) in [6, 6.07) is 7.28. The highest BCUT2D eigenvalue weighted by Gasteiger charge is 2.46. The average Bonchev–Trinajstić information content (AvgIpc) is 2.79. The van der Waals surface area contributed by atoms with Gasteiger partial charge in [-0.05, 0) is 31.0 Å². The van der Waals surface area contributed by atoms with Crippen LogP contribution in [0, 0.1) is 5.92 Å². The van der Waals surface area contributed by atoms with Gasteiger partial charge in [-0.2, -0.15) is 0 Å². The first-order chi connectivity index (χ1) is 10.1. The van der Waals surface area contributed by atoms with E-state index in [4.69, 9.17) is 9.47 Å². The zero-order valence-electron chi connectivity index (χ0n) is 12.8. The minimum Gasteiger partial charge on any atom is -0.497 e. The fourth-order valence-corrected chi connectivity index (χ4v) is 2.87. The Morgan fingerprint density at radius 2 is 1.95 bits per heavy atom. The van der Waals surface area contributed by atoms with E-state index in [9.17, 15) is 9.59 Å². The maximum Gasteiger partial charge on any atom is 0.314 e. The predicted molar refractivity (Wildman–Crippen MR) is 79.3 cm³/mol. The molecule has 1 aromatic rings. The lowest BCUT2D eigenvalue weighted by Gasteiger charge is -2.17. The molecule has 114 valence electrons. The van der Waals surface area contributed by atoms with Crippen LogP contribution >= 0.6 is 0 Å². The van der Waals surface area contributed by atoms with E-state index in [1.54, 1.807) is 26.2 Å². The molecular formula is C17H22O4. The third kappa shape index (κ3) is 3.26. The fraction of sp³-hybridized carbons (Fsp3) is 0.529. The number of methoxy groups -OCH3 is 1. The standard InChI is InChI=1S/C17H22O4/c1-4-5-6-14(18)15-11(2)21-17(19)16(15)12-7-9-13(20-3)10-8-12/h7-11,15-16H,4-6H2,1-3H3. The molecule has 4 heteroatoms. The molecule has 1 saturated heterocycles. The molecule has 0 saturated carbocycles. The van der Waals surface area contributed by atoms with Crippen LogP contribution in [0.25, 0.3) is 0 Å². The van der Waals surface area contributed by atoms with Crippen molar-refractivity contribution in [1.82, 2.24) is 0 Å². The van der Waals surface area contributed by atoms with Gasteiger partial charge in [-0.1, -0.05) is 25.5 Å². The van der Waals surface area contributed by atoms with Gasteiger partial charge in [-0.15, -0.1) is 0 Å². The van der Waals surface area contributed by atoms with Crippen LogP contribution in [0.5, 0.6) is 5.75 Å². The summed E-state index contributed by atoms with van der Waals surface area (Å²) < 4.78 is 10.4. The van der Waals surface area contributed by atoms with E-state index >= 15 is 0 Å². The number of hydrogen-bond acceptors (Lipinski definition) is 4. The summed E-state index contributed by atoms with van der Waals surface area (Å²) in [5.41, 5.74) is 0.819. The minimum absolute atomic E-state index is 0.121. The number of carbonyl (C=O) groups is 2. The molecule has 1 aliphatic rings. The van der Waals surface area contributed by atoms with Crippen LogP contribution in [-0.2, 0) is 14.3 Å². The van der Waals surface area contributed by atoms with Gasteiger partial charge in [-0.3, -0.25) is 9.59 Å². The molecule has 1 heterocycles. The Labute approximate surface area is 125 Å². The van der Waals surface area contributed by atoms with Gasteiger partial charge in [0.05, 0.1) is 18.9 Å². The maximum absolute atomic E-state index is 12.4. The predicted octanol–water partition coefficient (Wildman–Crippen LogP) is 3.10. The molecule has 0 N–H and O–H groups in total. The van der Waals surface area contributed by atoms with Crippen molar-refractivity contribution in [2.45, 2.75) is 45.1 Å². The molecular weight excluding hydrogens is 268 g/mol. The van der Waals surface area contributed by atoms with Crippen LogP contribution in [-0.4, -0.2) is 25.0 Å². The first-order valence-electron chi connectivity index (χ1n) is 7.45. The zero-order valence-corrected chi connectivity index (χ0v) is 12.8. The second kappa shape index (κ2) is 6.74. The second-order valence-electron chi connectivity index (χ2n) is 5.49. The van der Waals surface area contributed by atoms with Gasteiger partial charge in [-0.25, -0.2) is 0 Å². The van der Waals surface area contributed by atoms with E-state index in [1.807, 2.05) is 19.1 Å². The molecule has 0 radical (unpaired) electrons. The molecule has 0 amide bonds. The number of cyclic esters (lactones) is 1. The van der Waals surface area contributed by atoms with E-state index in [2.05, 4.69) is 0 Å². The highest BCUT2D eigenvalue weighted by molar-refractivity contribution is 5.93. The van der Waals surface area contributed by atoms with E-state index in [0.717, 1.165) is 24.2 Å². The van der Waals surface area contributed by atoms with Crippen LogP contribution in [0.4, 0.5) is 0 Å². The van der Waals surface area contributed by atoms with Crippen molar-refractivity contribution in [3.63, 3.8) is 0 Å². The molecule has 3 unspecified atom stereocenters. The van der Waals surface area contributed by atoms with Gasteiger partial charge in [0, 0.05) is 6.42 Å². The van der Waals surface area contributed by atoms with Gasteiger partial charge in [0.25, 0.3) is 0 Å². The van der Waals surface area contributed by atoms with E-state index < -0.39 is 5.92 Å². The Morgan fingerprint density at radius 3 is 2.52 bits per heavy atom. The molecule has 1 aliphatic heterocycles. The van der Waals surface area contributed by atoms with Crippen molar-refractivity contribution >= 4 is 11.8 Å². The Bertz CT molecular complexity index is 506. The van der Waals surface area contributed by atoms with E-state index in [-0.39, 0.29) is 23.8 Å². The number of Topliss-reactive ketones (excluding diaryl/α,β-unsaturated/α-hetero) is 1. The first kappa shape index (κ1) is 15.5. The molecule has 3 atom stereocenters. The molecule has 2 rings (SSSR count). The summed E-state index contributed by atoms with van der Waals surface area (Å²) in [7, 11) is 1.60. The third-order valence-corrected chi connectivity index (χ3v) is 4.04. The Morgan fingerprint density at radius 1 is 1.29 bits per heavy atom. The molecule has 1 aromatic carbocycles. The SMILES string of the molecule is CCCCC(=O)C1C(C)OC(=O)C1c1ccc(OC)cc1. The summed E-state index contributed by atoms with van der Waals surface area (Å²) in [5, 5.41) is 0. The van der Waals surface area contributed by atoms with Crippen LogP contribution < -0.4 is 4.74 Å². The molecule has 21 heavy (non-hydrogen) atoms. The summed E-state index contributed by atoms with van der Waals surface area (Å²) >= 11 is 0. The van der Waals surface area contributed by atoms with Crippen LogP contribution in [0.1, 0.15) is 44.6 Å². The largest absolute Gasteiger partial charge is 0.497 e. The second-order valence-corrected chi connectivity index (χ2v) is 5.49. The first-order valence-corrected chi connectivity index (χ1v) is 7.45. The van der Waals surface area contributed by atoms with Gasteiger partial charge >= 0.3 is 5.97 Å². The molecule has 0 spiro atoms. The van der Waals surface area contributed by atoms with Crippen LogP contribution in [0.3, 0.4) is 0 Å². The number of unbranched alkanes of at least 4 members (excludes halogenated alkanes) is 1. The Kier molecular flexibility index (Phi) is 4.99. The van der Waals surface area contributed by atoms with E-state index in [0.29, 0.717) is 6.42 Å². The molecule has 0 aromatic heterocycles. The monoisotopic (exact) mass is 290 g/mol. The topological polar surface area (TPSA) is 52.6 Å². The number of carbonyl (C=O) groups excluding carboxylic acids is 2. The van der Waals surface area contributed by atoms with Crippen molar-refractivity contribution < 1.29 is 19.1 Å². The van der Waals surface area contributed by atoms with Crippen LogP contribution in [0.2, 0.25) is 0 Å². The van der Waals surface area contributed by atoms with Crippen molar-refractivity contribution in [2.75, 3.05) is 7.11 Å². The average molecular weight is 290 g/mol. The van der Waals surface area contributed by atoms with Crippen molar-refractivity contribution in [1.29, 1.82) is 0 Å². The summed E-state index contributed by atoms with van der Waals surface area (Å²) in [4.78, 5) is 24.5. The normalized spacial score (nSPS) is 24.7. The smallest absolute Gasteiger partial charge is 0.314 e. The number of benzene rings is 1. The third-order valence-electron chi connectivity index (χ3n) is 4.04. The fourth-order valence-electron chi connectivity index (χ4n) is 2.87. The van der Waals surface area contributed by atoms with Crippen molar-refractivity contribution in [2.24, 2.45) is 5.92 Å². The van der Waals surface area contributed by atoms with E-state index in [1.165, 1.54) is 0 Å². The number of hydrogen-bond donors (Lipinski definition) is 0. The lowest BCUT2D eigenvalue weighted by molar-refractivity contribution is -0.142. The van der Waals surface area contributed by atoms with Gasteiger partial charge in [0.2, 0.25) is 0 Å². The zero-order chi connectivity index (χ0) is 15.4. The Balaban J connectivity index is 2.24. The van der Waals surface area contributed by atoms with Gasteiger partial charge < -0.3 is 9.47 Å². The minimum atomic E-state index is -0.490. The maximum atomic E-state index is 12.4. The Hall–Kier alpha value is -1.84. The highest BCUT2D eigenvalue weighted by atomic mass is 16.6. The van der Waals surface area contributed by atoms with Gasteiger partial charge in [0.1, 0.15) is 17.6 Å². The van der Waals surface area contributed by atoms with Crippen molar-refractivity contribution in [3.8, 4) is 5.75 Å². The summed E-state index contributed by atoms with van der Waals surface area (Å²) in [6.45, 7) is 3.85. The molecule has 0 aliphatic carbocycles. The molecule has 4 nitrogen and oxygen atoms in total. The number of rotatable bonds is 6. The van der Waals surface area contributed by atoms with Crippen molar-refractivity contribution in [3.05, 3.63) is 29.8 Å². The number of esters is 1. The quantitative estimate of drug-likeness (QED) is 0.755. The summed E-state index contributed by atoms with van der Waals surface area (Å²) in [6.07, 6.45) is 1.98. The molecule has 0 bridgehead atoms. The number of ketones is 1. The highest BCUT2D eigenvalue weighted by Crippen LogP contribution is 2.38. The van der Waals surface area contributed by atoms with Crippen LogP contribution in [0.15, 0.2) is 24.3 Å². The lowest BCUT2D eigenvalue weighted by atomic mass is 9.81. The molecule has 1 fully saturated rings.